The molecule has 1 aromatic carbocycles. The Bertz CT molecular complexity index is 1030. The standard InChI is InChI=1S/C20H20N6O2/c1-25(2)11-12-26-17(14-7-4-3-5-8-14)16(13-22-26)20-23-18(24-28-20)15-9-6-10-21-19(15)27/h3-10,13,15H,11-12H2,1-2H3. The number of carbonyl (C=O) groups is 1. The molecular formula is C20H20N6O2. The minimum atomic E-state index is -0.619. The Kier molecular flexibility index (Phi) is 4.94. The van der Waals surface area contributed by atoms with Crippen molar-refractivity contribution < 1.29 is 9.32 Å². The first kappa shape index (κ1) is 18.0. The largest absolute Gasteiger partial charge is 0.334 e. The summed E-state index contributed by atoms with van der Waals surface area (Å²) in [6, 6.07) is 9.96. The van der Waals surface area contributed by atoms with Gasteiger partial charge in [0.1, 0.15) is 5.92 Å². The normalized spacial score (nSPS) is 16.2. The molecule has 142 valence electrons. The van der Waals surface area contributed by atoms with Gasteiger partial charge in [-0.25, -0.2) is 4.99 Å². The van der Waals surface area contributed by atoms with Gasteiger partial charge in [0, 0.05) is 18.3 Å². The first-order chi connectivity index (χ1) is 13.6. The molecule has 8 nitrogen and oxygen atoms in total. The molecule has 1 amide bonds. The highest BCUT2D eigenvalue weighted by Gasteiger charge is 2.26. The number of dihydropyridines is 1. The van der Waals surface area contributed by atoms with Gasteiger partial charge in [-0.15, -0.1) is 0 Å². The average molecular weight is 376 g/mol. The molecule has 8 heteroatoms. The van der Waals surface area contributed by atoms with E-state index in [4.69, 9.17) is 4.52 Å². The molecule has 28 heavy (non-hydrogen) atoms. The van der Waals surface area contributed by atoms with Crippen molar-refractivity contribution in [2.24, 2.45) is 4.99 Å². The number of hydrogen-bond acceptors (Lipinski definition) is 6. The molecule has 3 aromatic rings. The van der Waals surface area contributed by atoms with Crippen molar-refractivity contribution in [3.63, 3.8) is 0 Å². The lowest BCUT2D eigenvalue weighted by Gasteiger charge is -2.12. The van der Waals surface area contributed by atoms with Crippen molar-refractivity contribution in [1.29, 1.82) is 0 Å². The van der Waals surface area contributed by atoms with Gasteiger partial charge in [0.15, 0.2) is 5.82 Å². The minimum absolute atomic E-state index is 0.299. The maximum absolute atomic E-state index is 12.0. The molecule has 0 spiro atoms. The van der Waals surface area contributed by atoms with Crippen LogP contribution in [0.4, 0.5) is 0 Å². The Balaban J connectivity index is 1.73. The van der Waals surface area contributed by atoms with Gasteiger partial charge in [0.2, 0.25) is 0 Å². The molecule has 1 unspecified atom stereocenters. The molecule has 0 radical (unpaired) electrons. The van der Waals surface area contributed by atoms with E-state index in [0.717, 1.165) is 29.9 Å². The number of aliphatic imine (C=N–C) groups is 1. The first-order valence-corrected chi connectivity index (χ1v) is 8.98. The summed E-state index contributed by atoms with van der Waals surface area (Å²) in [5.74, 6) is -0.292. The van der Waals surface area contributed by atoms with Crippen molar-refractivity contribution in [3.05, 3.63) is 54.5 Å². The number of allylic oxidation sites excluding steroid dienone is 1. The zero-order valence-corrected chi connectivity index (χ0v) is 15.7. The second kappa shape index (κ2) is 7.69. The van der Waals surface area contributed by atoms with E-state index in [1.54, 1.807) is 18.3 Å². The van der Waals surface area contributed by atoms with Crippen LogP contribution in [0.25, 0.3) is 22.7 Å². The molecule has 1 atom stereocenters. The molecule has 3 heterocycles. The maximum atomic E-state index is 12.0. The Morgan fingerprint density at radius 2 is 2.04 bits per heavy atom. The van der Waals surface area contributed by atoms with Crippen LogP contribution in [0.1, 0.15) is 11.7 Å². The smallest absolute Gasteiger partial charge is 0.261 e. The van der Waals surface area contributed by atoms with Crippen molar-refractivity contribution in [3.8, 4) is 22.7 Å². The molecule has 0 fully saturated rings. The summed E-state index contributed by atoms with van der Waals surface area (Å²) in [6.07, 6.45) is 6.60. The van der Waals surface area contributed by atoms with Gasteiger partial charge in [-0.3, -0.25) is 9.48 Å². The van der Waals surface area contributed by atoms with Gasteiger partial charge in [-0.1, -0.05) is 41.6 Å². The lowest BCUT2D eigenvalue weighted by atomic mass is 10.1. The molecule has 0 saturated carbocycles. The molecule has 1 aliphatic rings. The monoisotopic (exact) mass is 376 g/mol. The van der Waals surface area contributed by atoms with Crippen LogP contribution >= 0.6 is 0 Å². The summed E-state index contributed by atoms with van der Waals surface area (Å²) >= 11 is 0. The van der Waals surface area contributed by atoms with E-state index in [1.807, 2.05) is 49.1 Å². The average Bonchev–Trinajstić information content (AvgIpc) is 3.34. The Morgan fingerprint density at radius 3 is 2.79 bits per heavy atom. The molecule has 0 aliphatic carbocycles. The summed E-state index contributed by atoms with van der Waals surface area (Å²) in [4.78, 5) is 22.3. The quantitative estimate of drug-likeness (QED) is 0.656. The number of amides is 1. The van der Waals surface area contributed by atoms with E-state index in [9.17, 15) is 4.79 Å². The zero-order valence-electron chi connectivity index (χ0n) is 15.7. The summed E-state index contributed by atoms with van der Waals surface area (Å²) in [5.41, 5.74) is 2.65. The number of hydrogen-bond donors (Lipinski definition) is 0. The van der Waals surface area contributed by atoms with E-state index >= 15 is 0 Å². The molecule has 1 aliphatic heterocycles. The topological polar surface area (TPSA) is 89.4 Å². The molecular weight excluding hydrogens is 356 g/mol. The first-order valence-electron chi connectivity index (χ1n) is 8.98. The fourth-order valence-corrected chi connectivity index (χ4v) is 3.01. The van der Waals surface area contributed by atoms with Gasteiger partial charge >= 0.3 is 0 Å². The van der Waals surface area contributed by atoms with Crippen molar-refractivity contribution in [1.82, 2.24) is 24.8 Å². The van der Waals surface area contributed by atoms with Crippen LogP contribution in [-0.2, 0) is 11.3 Å². The van der Waals surface area contributed by atoms with E-state index in [2.05, 4.69) is 25.1 Å². The second-order valence-corrected chi connectivity index (χ2v) is 6.74. The minimum Gasteiger partial charge on any atom is -0.334 e. The highest BCUT2D eigenvalue weighted by molar-refractivity contribution is 5.97. The summed E-state index contributed by atoms with van der Waals surface area (Å²) in [5, 5.41) is 8.54. The van der Waals surface area contributed by atoms with Gasteiger partial charge in [0.25, 0.3) is 11.8 Å². The fourth-order valence-electron chi connectivity index (χ4n) is 3.01. The molecule has 0 N–H and O–H groups in total. The molecule has 0 saturated heterocycles. The number of carbonyl (C=O) groups excluding carboxylic acids is 1. The molecule has 4 rings (SSSR count). The third-order valence-corrected chi connectivity index (χ3v) is 4.45. The third kappa shape index (κ3) is 3.54. The van der Waals surface area contributed by atoms with Crippen LogP contribution in [0.3, 0.4) is 0 Å². The number of benzene rings is 1. The van der Waals surface area contributed by atoms with E-state index in [-0.39, 0.29) is 5.91 Å². The SMILES string of the molecule is CN(C)CCn1ncc(-c2nc(C3C=CC=NC3=O)no2)c1-c1ccccc1. The fraction of sp³-hybridized carbons (Fsp3) is 0.250. The van der Waals surface area contributed by atoms with E-state index < -0.39 is 5.92 Å². The van der Waals surface area contributed by atoms with Gasteiger partial charge in [-0.05, 0) is 20.2 Å². The van der Waals surface area contributed by atoms with Crippen LogP contribution in [0.5, 0.6) is 0 Å². The maximum Gasteiger partial charge on any atom is 0.261 e. The Morgan fingerprint density at radius 1 is 1.21 bits per heavy atom. The van der Waals surface area contributed by atoms with Crippen molar-refractivity contribution >= 4 is 12.1 Å². The number of aromatic nitrogens is 4. The highest BCUT2D eigenvalue weighted by atomic mass is 16.5. The zero-order chi connectivity index (χ0) is 19.5. The number of rotatable bonds is 6. The van der Waals surface area contributed by atoms with Gasteiger partial charge < -0.3 is 9.42 Å². The summed E-state index contributed by atoms with van der Waals surface area (Å²) in [6.45, 7) is 1.56. The molecule has 0 bridgehead atoms. The molecule has 2 aromatic heterocycles. The predicted molar refractivity (Wildman–Crippen MR) is 105 cm³/mol. The van der Waals surface area contributed by atoms with Crippen LogP contribution < -0.4 is 0 Å². The lowest BCUT2D eigenvalue weighted by molar-refractivity contribution is -0.118. The lowest BCUT2D eigenvalue weighted by Crippen LogP contribution is -2.19. The number of likely N-dealkylation sites (N-methyl/N-ethyl adjacent to an activating group) is 1. The highest BCUT2D eigenvalue weighted by Crippen LogP contribution is 2.32. The van der Waals surface area contributed by atoms with Crippen LogP contribution in [0.15, 0.2) is 58.2 Å². The van der Waals surface area contributed by atoms with Gasteiger partial charge in [-0.2, -0.15) is 10.1 Å². The van der Waals surface area contributed by atoms with E-state index in [1.165, 1.54) is 6.21 Å². The van der Waals surface area contributed by atoms with E-state index in [0.29, 0.717) is 11.7 Å². The van der Waals surface area contributed by atoms with Crippen LogP contribution in [0, 0.1) is 0 Å². The summed E-state index contributed by atoms with van der Waals surface area (Å²) in [7, 11) is 4.04. The Labute approximate surface area is 162 Å². The Hall–Kier alpha value is -3.39. The van der Waals surface area contributed by atoms with Crippen molar-refractivity contribution in [2.75, 3.05) is 20.6 Å². The van der Waals surface area contributed by atoms with Gasteiger partial charge in [0.05, 0.1) is 24.0 Å². The third-order valence-electron chi connectivity index (χ3n) is 4.45. The van der Waals surface area contributed by atoms with Crippen molar-refractivity contribution in [2.45, 2.75) is 12.5 Å². The predicted octanol–water partition coefficient (Wildman–Crippen LogP) is 2.41. The van der Waals surface area contributed by atoms with Crippen LogP contribution in [-0.4, -0.2) is 57.6 Å². The second-order valence-electron chi connectivity index (χ2n) is 6.74. The summed E-state index contributed by atoms with van der Waals surface area (Å²) < 4.78 is 7.43. The van der Waals surface area contributed by atoms with Crippen LogP contribution in [0.2, 0.25) is 0 Å². The number of nitrogens with zero attached hydrogens (tertiary/aromatic N) is 6.